The highest BCUT2D eigenvalue weighted by Gasteiger charge is 2.02. The Kier molecular flexibility index (Phi) is 6.01. The number of benzene rings is 1. The number of ether oxygens (including phenoxy) is 1. The molecule has 4 heteroatoms. The summed E-state index contributed by atoms with van der Waals surface area (Å²) >= 11 is 4.08. The van der Waals surface area contributed by atoms with Crippen molar-refractivity contribution in [3.05, 3.63) is 29.8 Å². The predicted octanol–water partition coefficient (Wildman–Crippen LogP) is 1.37. The summed E-state index contributed by atoms with van der Waals surface area (Å²) in [5.41, 5.74) is 0.547. The first-order valence-corrected chi connectivity index (χ1v) is 4.01. The third kappa shape index (κ3) is 3.96. The minimum atomic E-state index is -0.321. The van der Waals surface area contributed by atoms with E-state index in [1.165, 1.54) is 7.11 Å². The van der Waals surface area contributed by atoms with E-state index in [1.807, 2.05) is 0 Å². The van der Waals surface area contributed by atoms with Gasteiger partial charge >= 0.3 is 5.97 Å². The van der Waals surface area contributed by atoms with Crippen molar-refractivity contribution in [1.29, 1.82) is 0 Å². The Morgan fingerprint density at radius 2 is 1.77 bits per heavy atom. The Labute approximate surface area is 82.8 Å². The molecule has 0 radical (unpaired) electrons. The van der Waals surface area contributed by atoms with Crippen LogP contribution in [0.25, 0.3) is 0 Å². The first kappa shape index (κ1) is 12.0. The summed E-state index contributed by atoms with van der Waals surface area (Å²) in [7, 11) is 2.36. The minimum absolute atomic E-state index is 0.321. The predicted molar refractivity (Wildman–Crippen MR) is 53.2 cm³/mol. The SMILES string of the molecule is CO.COC(=O)c1ccc(S)cc1. The molecule has 3 nitrogen and oxygen atoms in total. The summed E-state index contributed by atoms with van der Waals surface area (Å²) in [6.45, 7) is 0. The molecular weight excluding hydrogens is 188 g/mol. The maximum atomic E-state index is 10.9. The summed E-state index contributed by atoms with van der Waals surface area (Å²) in [5.74, 6) is -0.321. The number of methoxy groups -OCH3 is 1. The van der Waals surface area contributed by atoms with E-state index in [-0.39, 0.29) is 5.97 Å². The molecule has 0 amide bonds. The molecule has 0 saturated heterocycles. The van der Waals surface area contributed by atoms with Gasteiger partial charge in [0.1, 0.15) is 0 Å². The smallest absolute Gasteiger partial charge is 0.337 e. The number of aliphatic hydroxyl groups excluding tert-OH is 1. The van der Waals surface area contributed by atoms with Crippen LogP contribution in [0, 0.1) is 0 Å². The van der Waals surface area contributed by atoms with Crippen LogP contribution in [0.15, 0.2) is 29.2 Å². The van der Waals surface area contributed by atoms with E-state index in [9.17, 15) is 4.79 Å². The van der Waals surface area contributed by atoms with Gasteiger partial charge in [-0.05, 0) is 24.3 Å². The maximum absolute atomic E-state index is 10.9. The van der Waals surface area contributed by atoms with Crippen LogP contribution >= 0.6 is 12.6 Å². The molecule has 1 rings (SSSR count). The highest BCUT2D eigenvalue weighted by Crippen LogP contribution is 2.08. The second-order valence-corrected chi connectivity index (χ2v) is 2.55. The number of rotatable bonds is 1. The quantitative estimate of drug-likeness (QED) is 0.531. The Hall–Kier alpha value is -1.00. The van der Waals surface area contributed by atoms with Crippen LogP contribution < -0.4 is 0 Å². The van der Waals surface area contributed by atoms with Crippen molar-refractivity contribution in [2.24, 2.45) is 0 Å². The van der Waals surface area contributed by atoms with Crippen molar-refractivity contribution in [2.75, 3.05) is 14.2 Å². The van der Waals surface area contributed by atoms with Gasteiger partial charge in [-0.25, -0.2) is 4.79 Å². The molecule has 1 aromatic carbocycles. The van der Waals surface area contributed by atoms with Gasteiger partial charge in [0.2, 0.25) is 0 Å². The number of esters is 1. The lowest BCUT2D eigenvalue weighted by Crippen LogP contribution is -1.99. The van der Waals surface area contributed by atoms with E-state index in [2.05, 4.69) is 17.4 Å². The molecule has 0 fully saturated rings. The van der Waals surface area contributed by atoms with Gasteiger partial charge in [-0.15, -0.1) is 12.6 Å². The molecule has 0 heterocycles. The standard InChI is InChI=1S/C8H8O2S.CH4O/c1-10-8(9)6-2-4-7(11)5-3-6;1-2/h2-5,11H,1H3;2H,1H3. The Morgan fingerprint density at radius 1 is 1.31 bits per heavy atom. The summed E-state index contributed by atoms with van der Waals surface area (Å²) in [6, 6.07) is 6.84. The Bertz CT molecular complexity index is 256. The number of carbonyl (C=O) groups excluding carboxylic acids is 1. The first-order chi connectivity index (χ1) is 6.24. The fraction of sp³-hybridized carbons (Fsp3) is 0.222. The molecule has 1 N–H and O–H groups in total. The van der Waals surface area contributed by atoms with Gasteiger partial charge in [0.25, 0.3) is 0 Å². The van der Waals surface area contributed by atoms with Gasteiger partial charge in [-0.3, -0.25) is 0 Å². The zero-order chi connectivity index (χ0) is 10.3. The van der Waals surface area contributed by atoms with Crippen LogP contribution in [0.1, 0.15) is 10.4 Å². The topological polar surface area (TPSA) is 46.5 Å². The lowest BCUT2D eigenvalue weighted by atomic mass is 10.2. The monoisotopic (exact) mass is 200 g/mol. The molecule has 0 aliphatic heterocycles. The number of thiol groups is 1. The van der Waals surface area contributed by atoms with E-state index in [4.69, 9.17) is 5.11 Å². The molecule has 1 aromatic rings. The van der Waals surface area contributed by atoms with Gasteiger partial charge in [0.05, 0.1) is 12.7 Å². The highest BCUT2D eigenvalue weighted by atomic mass is 32.1. The third-order valence-corrected chi connectivity index (χ3v) is 1.59. The van der Waals surface area contributed by atoms with E-state index < -0.39 is 0 Å². The molecule has 0 unspecified atom stereocenters. The van der Waals surface area contributed by atoms with Gasteiger partial charge in [0.15, 0.2) is 0 Å². The zero-order valence-corrected chi connectivity index (χ0v) is 8.41. The maximum Gasteiger partial charge on any atom is 0.337 e. The Balaban J connectivity index is 0.000000671. The fourth-order valence-corrected chi connectivity index (χ4v) is 0.864. The van der Waals surface area contributed by atoms with E-state index in [0.717, 1.165) is 12.0 Å². The fourth-order valence-electron chi connectivity index (χ4n) is 0.715. The molecule has 0 aliphatic carbocycles. The summed E-state index contributed by atoms with van der Waals surface area (Å²) in [5, 5.41) is 7.00. The van der Waals surface area contributed by atoms with Crippen molar-refractivity contribution in [1.82, 2.24) is 0 Å². The van der Waals surface area contributed by atoms with Crippen LogP contribution in [-0.4, -0.2) is 25.3 Å². The lowest BCUT2D eigenvalue weighted by Gasteiger charge is -1.97. The number of hydrogen-bond donors (Lipinski definition) is 2. The van der Waals surface area contributed by atoms with Crippen LogP contribution in [-0.2, 0) is 4.74 Å². The van der Waals surface area contributed by atoms with Gasteiger partial charge in [-0.1, -0.05) is 0 Å². The molecule has 72 valence electrons. The molecule has 0 bridgehead atoms. The van der Waals surface area contributed by atoms with Crippen LogP contribution in [0.2, 0.25) is 0 Å². The summed E-state index contributed by atoms with van der Waals surface area (Å²) < 4.78 is 4.51. The number of aliphatic hydroxyl groups is 1. The Morgan fingerprint density at radius 3 is 2.15 bits per heavy atom. The van der Waals surface area contributed by atoms with Crippen molar-refractivity contribution in [3.63, 3.8) is 0 Å². The molecule has 13 heavy (non-hydrogen) atoms. The molecular formula is C9H12O3S. The second-order valence-electron chi connectivity index (χ2n) is 2.04. The zero-order valence-electron chi connectivity index (χ0n) is 7.52. The van der Waals surface area contributed by atoms with Gasteiger partial charge < -0.3 is 9.84 Å². The van der Waals surface area contributed by atoms with Crippen LogP contribution in [0.4, 0.5) is 0 Å². The molecule has 0 aliphatic rings. The largest absolute Gasteiger partial charge is 0.465 e. The van der Waals surface area contributed by atoms with Crippen molar-refractivity contribution in [3.8, 4) is 0 Å². The number of carbonyl (C=O) groups is 1. The van der Waals surface area contributed by atoms with Crippen molar-refractivity contribution < 1.29 is 14.6 Å². The average molecular weight is 200 g/mol. The molecule has 0 saturated carbocycles. The molecule has 0 spiro atoms. The van der Waals surface area contributed by atoms with Gasteiger partial charge in [0, 0.05) is 12.0 Å². The summed E-state index contributed by atoms with van der Waals surface area (Å²) in [4.78, 5) is 11.7. The van der Waals surface area contributed by atoms with Crippen molar-refractivity contribution >= 4 is 18.6 Å². The third-order valence-electron chi connectivity index (χ3n) is 1.29. The first-order valence-electron chi connectivity index (χ1n) is 3.56. The average Bonchev–Trinajstić information content (AvgIpc) is 2.21. The van der Waals surface area contributed by atoms with Crippen LogP contribution in [0.3, 0.4) is 0 Å². The van der Waals surface area contributed by atoms with E-state index in [1.54, 1.807) is 24.3 Å². The van der Waals surface area contributed by atoms with Crippen LogP contribution in [0.5, 0.6) is 0 Å². The molecule has 0 aromatic heterocycles. The number of hydrogen-bond acceptors (Lipinski definition) is 4. The summed E-state index contributed by atoms with van der Waals surface area (Å²) in [6.07, 6.45) is 0. The van der Waals surface area contributed by atoms with E-state index in [0.29, 0.717) is 5.56 Å². The van der Waals surface area contributed by atoms with E-state index >= 15 is 0 Å². The second kappa shape index (κ2) is 6.51. The normalized spacial score (nSPS) is 8.31. The lowest BCUT2D eigenvalue weighted by molar-refractivity contribution is 0.0600. The van der Waals surface area contributed by atoms with Gasteiger partial charge in [-0.2, -0.15) is 0 Å². The minimum Gasteiger partial charge on any atom is -0.465 e. The van der Waals surface area contributed by atoms with Crippen molar-refractivity contribution in [2.45, 2.75) is 4.90 Å². The molecule has 0 atom stereocenters. The highest BCUT2D eigenvalue weighted by molar-refractivity contribution is 7.80.